The van der Waals surface area contributed by atoms with Crippen LogP contribution in [0.2, 0.25) is 5.02 Å². The molecule has 2 fully saturated rings. The predicted molar refractivity (Wildman–Crippen MR) is 104 cm³/mol. The van der Waals surface area contributed by atoms with Crippen LogP contribution in [-0.4, -0.2) is 53.7 Å². The van der Waals surface area contributed by atoms with E-state index >= 15 is 0 Å². The van der Waals surface area contributed by atoms with Crippen molar-refractivity contribution < 1.29 is 14.4 Å². The highest BCUT2D eigenvalue weighted by Crippen LogP contribution is 2.31. The Bertz CT molecular complexity index is 708. The average Bonchev–Trinajstić information content (AvgIpc) is 2.67. The number of halogens is 1. The highest BCUT2D eigenvalue weighted by atomic mass is 35.5. The molecule has 1 heterocycles. The van der Waals surface area contributed by atoms with Crippen molar-refractivity contribution in [2.75, 3.05) is 31.5 Å². The maximum Gasteiger partial charge on any atom is 0.227 e. The number of hydrogen-bond acceptors (Lipinski definition) is 3. The Morgan fingerprint density at radius 3 is 2.15 bits per heavy atom. The van der Waals surface area contributed by atoms with Gasteiger partial charge in [0.1, 0.15) is 0 Å². The SMILES string of the molecule is CC(=O)N1CCN(C(=O)C2CCC(C(=O)Nc3cccc(Cl)c3)CC2)CC1. The molecule has 1 saturated carbocycles. The number of benzene rings is 1. The molecule has 0 unspecified atom stereocenters. The van der Waals surface area contributed by atoms with Crippen LogP contribution in [0.1, 0.15) is 32.6 Å². The van der Waals surface area contributed by atoms with Gasteiger partial charge in [-0.25, -0.2) is 0 Å². The minimum absolute atomic E-state index is 0.00163. The number of nitrogens with zero attached hydrogens (tertiary/aromatic N) is 2. The number of amides is 3. The highest BCUT2D eigenvalue weighted by Gasteiger charge is 2.33. The van der Waals surface area contributed by atoms with Crippen LogP contribution in [0, 0.1) is 11.8 Å². The lowest BCUT2D eigenvalue weighted by Crippen LogP contribution is -2.51. The summed E-state index contributed by atoms with van der Waals surface area (Å²) in [5.74, 6) is 0.158. The van der Waals surface area contributed by atoms with Gasteiger partial charge in [-0.1, -0.05) is 17.7 Å². The molecule has 1 aliphatic heterocycles. The number of hydrogen-bond donors (Lipinski definition) is 1. The number of nitrogens with one attached hydrogen (secondary N) is 1. The van der Waals surface area contributed by atoms with Gasteiger partial charge >= 0.3 is 0 Å². The summed E-state index contributed by atoms with van der Waals surface area (Å²) >= 11 is 5.95. The topological polar surface area (TPSA) is 69.7 Å². The molecular formula is C20H26ClN3O3. The number of carbonyl (C=O) groups is 3. The van der Waals surface area contributed by atoms with Crippen LogP contribution in [0.25, 0.3) is 0 Å². The van der Waals surface area contributed by atoms with Crippen LogP contribution in [0.3, 0.4) is 0 Å². The third-order valence-corrected chi connectivity index (χ3v) is 5.81. The van der Waals surface area contributed by atoms with Crippen LogP contribution in [0.4, 0.5) is 5.69 Å². The average molecular weight is 392 g/mol. The molecule has 0 atom stereocenters. The van der Waals surface area contributed by atoms with Gasteiger partial charge in [0.2, 0.25) is 17.7 Å². The summed E-state index contributed by atoms with van der Waals surface area (Å²) in [7, 11) is 0. The van der Waals surface area contributed by atoms with Crippen molar-refractivity contribution >= 4 is 35.0 Å². The van der Waals surface area contributed by atoms with Crippen molar-refractivity contribution in [3.63, 3.8) is 0 Å². The monoisotopic (exact) mass is 391 g/mol. The molecule has 7 heteroatoms. The van der Waals surface area contributed by atoms with E-state index in [4.69, 9.17) is 11.6 Å². The molecule has 6 nitrogen and oxygen atoms in total. The molecule has 3 rings (SSSR count). The Kier molecular flexibility index (Phi) is 6.37. The van der Waals surface area contributed by atoms with Crippen molar-refractivity contribution in [2.45, 2.75) is 32.6 Å². The maximum absolute atomic E-state index is 12.7. The second kappa shape index (κ2) is 8.74. The second-order valence-corrected chi connectivity index (χ2v) is 7.82. The summed E-state index contributed by atoms with van der Waals surface area (Å²) in [4.78, 5) is 40.3. The molecule has 0 radical (unpaired) electrons. The Labute approximate surface area is 164 Å². The first-order chi connectivity index (χ1) is 12.9. The molecule has 27 heavy (non-hydrogen) atoms. The molecular weight excluding hydrogens is 366 g/mol. The third-order valence-electron chi connectivity index (χ3n) is 5.58. The van der Waals surface area contributed by atoms with E-state index in [0.717, 1.165) is 25.7 Å². The Morgan fingerprint density at radius 1 is 0.963 bits per heavy atom. The minimum Gasteiger partial charge on any atom is -0.339 e. The van der Waals surface area contributed by atoms with E-state index in [0.29, 0.717) is 36.9 Å². The Hall–Kier alpha value is -2.08. The summed E-state index contributed by atoms with van der Waals surface area (Å²) in [6, 6.07) is 7.12. The van der Waals surface area contributed by atoms with E-state index in [-0.39, 0.29) is 29.6 Å². The second-order valence-electron chi connectivity index (χ2n) is 7.38. The molecule has 1 aromatic carbocycles. The quantitative estimate of drug-likeness (QED) is 0.861. The normalized spacial score (nSPS) is 23.0. The first kappa shape index (κ1) is 19.7. The molecule has 0 aromatic heterocycles. The molecule has 0 spiro atoms. The first-order valence-electron chi connectivity index (χ1n) is 9.55. The number of piperazine rings is 1. The first-order valence-corrected chi connectivity index (χ1v) is 9.92. The maximum atomic E-state index is 12.7. The Balaban J connectivity index is 1.46. The standard InChI is InChI=1S/C20H26ClN3O3/c1-14(25)23-9-11-24(12-10-23)20(27)16-7-5-15(6-8-16)19(26)22-18-4-2-3-17(21)13-18/h2-4,13,15-16H,5-12H2,1H3,(H,22,26). The smallest absolute Gasteiger partial charge is 0.227 e. The van der Waals surface area contributed by atoms with E-state index in [1.54, 1.807) is 30.0 Å². The molecule has 0 bridgehead atoms. The van der Waals surface area contributed by atoms with E-state index in [1.807, 2.05) is 11.0 Å². The van der Waals surface area contributed by atoms with Gasteiger partial charge in [0.05, 0.1) is 0 Å². The third kappa shape index (κ3) is 5.01. The van der Waals surface area contributed by atoms with Crippen LogP contribution in [-0.2, 0) is 14.4 Å². The molecule has 2 aliphatic rings. The van der Waals surface area contributed by atoms with Gasteiger partial charge in [-0.05, 0) is 43.9 Å². The lowest BCUT2D eigenvalue weighted by molar-refractivity contribution is -0.142. The summed E-state index contributed by atoms with van der Waals surface area (Å²) in [6.07, 6.45) is 2.91. The Morgan fingerprint density at radius 2 is 1.56 bits per heavy atom. The fraction of sp³-hybridized carbons (Fsp3) is 0.550. The predicted octanol–water partition coefficient (Wildman–Crippen LogP) is 2.78. The van der Waals surface area contributed by atoms with E-state index < -0.39 is 0 Å². The highest BCUT2D eigenvalue weighted by molar-refractivity contribution is 6.30. The molecule has 1 aromatic rings. The van der Waals surface area contributed by atoms with Crippen molar-refractivity contribution in [1.29, 1.82) is 0 Å². The fourth-order valence-corrected chi connectivity index (χ4v) is 4.10. The van der Waals surface area contributed by atoms with E-state index in [1.165, 1.54) is 0 Å². The molecule has 1 aliphatic carbocycles. The van der Waals surface area contributed by atoms with Crippen LogP contribution < -0.4 is 5.32 Å². The minimum atomic E-state index is -0.0670. The van der Waals surface area contributed by atoms with E-state index in [2.05, 4.69) is 5.32 Å². The molecule has 3 amide bonds. The number of anilines is 1. The molecule has 1 N–H and O–H groups in total. The zero-order valence-corrected chi connectivity index (χ0v) is 16.4. The van der Waals surface area contributed by atoms with Gasteiger partial charge in [0.25, 0.3) is 0 Å². The van der Waals surface area contributed by atoms with Crippen LogP contribution in [0.15, 0.2) is 24.3 Å². The molecule has 1 saturated heterocycles. The van der Waals surface area contributed by atoms with E-state index in [9.17, 15) is 14.4 Å². The van der Waals surface area contributed by atoms with Crippen molar-refractivity contribution in [2.24, 2.45) is 11.8 Å². The molecule has 146 valence electrons. The fourth-order valence-electron chi connectivity index (χ4n) is 3.91. The zero-order valence-electron chi connectivity index (χ0n) is 15.6. The lowest BCUT2D eigenvalue weighted by atomic mass is 9.80. The number of rotatable bonds is 3. The number of carbonyl (C=O) groups excluding carboxylic acids is 3. The van der Waals surface area contributed by atoms with Gasteiger partial charge in [0, 0.05) is 55.6 Å². The van der Waals surface area contributed by atoms with Gasteiger partial charge in [0.15, 0.2) is 0 Å². The summed E-state index contributed by atoms with van der Waals surface area (Å²) in [5.41, 5.74) is 0.703. The van der Waals surface area contributed by atoms with Crippen molar-refractivity contribution in [3.05, 3.63) is 29.3 Å². The summed E-state index contributed by atoms with van der Waals surface area (Å²) in [6.45, 7) is 3.99. The zero-order chi connectivity index (χ0) is 19.4. The van der Waals surface area contributed by atoms with Gasteiger partial charge in [-0.15, -0.1) is 0 Å². The van der Waals surface area contributed by atoms with Crippen LogP contribution in [0.5, 0.6) is 0 Å². The lowest BCUT2D eigenvalue weighted by Gasteiger charge is -2.37. The summed E-state index contributed by atoms with van der Waals surface area (Å²) in [5, 5.41) is 3.51. The van der Waals surface area contributed by atoms with Gasteiger partial charge < -0.3 is 15.1 Å². The van der Waals surface area contributed by atoms with Crippen LogP contribution >= 0.6 is 11.6 Å². The summed E-state index contributed by atoms with van der Waals surface area (Å²) < 4.78 is 0. The van der Waals surface area contributed by atoms with Gasteiger partial charge in [-0.3, -0.25) is 14.4 Å². The van der Waals surface area contributed by atoms with Crippen molar-refractivity contribution in [3.8, 4) is 0 Å². The van der Waals surface area contributed by atoms with Gasteiger partial charge in [-0.2, -0.15) is 0 Å². The largest absolute Gasteiger partial charge is 0.339 e. The van der Waals surface area contributed by atoms with Crippen molar-refractivity contribution in [1.82, 2.24) is 9.80 Å².